The number of aliphatic carboxylic acids is 1. The van der Waals surface area contributed by atoms with Gasteiger partial charge in [0.25, 0.3) is 5.91 Å². The van der Waals surface area contributed by atoms with Crippen molar-refractivity contribution in [2.45, 2.75) is 77.3 Å². The highest BCUT2D eigenvalue weighted by atomic mass is 16.7. The summed E-state index contributed by atoms with van der Waals surface area (Å²) >= 11 is 0. The van der Waals surface area contributed by atoms with E-state index in [1.807, 2.05) is 0 Å². The molecule has 0 bridgehead atoms. The van der Waals surface area contributed by atoms with E-state index in [1.54, 1.807) is 43.4 Å². The highest BCUT2D eigenvalue weighted by Gasteiger charge is 2.34. The van der Waals surface area contributed by atoms with Gasteiger partial charge in [-0.3, -0.25) is 28.9 Å². The molecule has 1 aliphatic rings. The highest BCUT2D eigenvalue weighted by molar-refractivity contribution is 5.94. The van der Waals surface area contributed by atoms with Gasteiger partial charge in [0.1, 0.15) is 12.4 Å². The van der Waals surface area contributed by atoms with Crippen molar-refractivity contribution in [3.63, 3.8) is 0 Å². The van der Waals surface area contributed by atoms with Crippen molar-refractivity contribution in [1.29, 1.82) is 0 Å². The van der Waals surface area contributed by atoms with Crippen molar-refractivity contribution in [1.82, 2.24) is 10.2 Å². The van der Waals surface area contributed by atoms with Crippen LogP contribution in [0.3, 0.4) is 0 Å². The number of nitrogens with one attached hydrogen (secondary N) is 2. The Morgan fingerprint density at radius 2 is 1.87 bits per heavy atom. The molecule has 4 N–H and O–H groups in total. The summed E-state index contributed by atoms with van der Waals surface area (Å²) < 4.78 is 16.2. The first-order valence-electron chi connectivity index (χ1n) is 14.6. The van der Waals surface area contributed by atoms with Crippen molar-refractivity contribution in [2.75, 3.05) is 25.0 Å². The van der Waals surface area contributed by atoms with Crippen molar-refractivity contribution in [3.05, 3.63) is 42.0 Å². The number of anilines is 1. The Bertz CT molecular complexity index is 1250. The molecule has 1 aromatic carbocycles. The Morgan fingerprint density at radius 3 is 2.56 bits per heavy atom. The number of unbranched alkanes of at least 4 members (excludes halogenated alkanes) is 2. The largest absolute Gasteiger partial charge is 0.479 e. The summed E-state index contributed by atoms with van der Waals surface area (Å²) in [4.78, 5) is 71.2. The van der Waals surface area contributed by atoms with Crippen molar-refractivity contribution in [2.24, 2.45) is 0 Å². The van der Waals surface area contributed by atoms with Gasteiger partial charge >= 0.3 is 11.9 Å². The number of carbonyl (C=O) groups is 6. The SMILES string of the molecule is C/C=C\C(=O)N(C=O)CCCCCC(=O)NCCC(=O)Nc1cc(/C=C/COC(C)=O)ccc1OC1CC(O)CC(C(=O)O)O1. The molecule has 1 heterocycles. The molecule has 0 saturated carbocycles. The van der Waals surface area contributed by atoms with Crippen molar-refractivity contribution >= 4 is 47.8 Å². The van der Waals surface area contributed by atoms with Crippen molar-refractivity contribution < 1.29 is 53.2 Å². The standard InChI is InChI=1S/C31H41N3O11/c1-3-8-29(40)34(20-35)15-6-4-5-10-27(38)32-14-13-28(39)33-24-17-22(9-7-16-43-21(2)36)11-12-25(24)44-30-19-23(37)18-26(45-30)31(41)42/h3,7-9,11-12,17,20,23,26,30,37H,4-6,10,13-16,18-19H2,1-2H3,(H,32,38)(H,33,39)(H,41,42)/b8-3-,9-7+. The van der Waals surface area contributed by atoms with Crippen molar-refractivity contribution in [3.8, 4) is 5.75 Å². The number of amides is 4. The minimum Gasteiger partial charge on any atom is -0.479 e. The fourth-order valence-corrected chi connectivity index (χ4v) is 4.25. The number of rotatable bonds is 18. The minimum atomic E-state index is -1.25. The quantitative estimate of drug-likeness (QED) is 0.0801. The third-order valence-corrected chi connectivity index (χ3v) is 6.47. The highest BCUT2D eigenvalue weighted by Crippen LogP contribution is 2.31. The lowest BCUT2D eigenvalue weighted by atomic mass is 10.1. The molecule has 3 unspecified atom stereocenters. The summed E-state index contributed by atoms with van der Waals surface area (Å²) in [6.07, 6.45) is 5.18. The first-order chi connectivity index (χ1) is 21.5. The summed E-state index contributed by atoms with van der Waals surface area (Å²) in [6, 6.07) is 4.82. The topological polar surface area (TPSA) is 198 Å². The average molecular weight is 632 g/mol. The zero-order valence-corrected chi connectivity index (χ0v) is 25.4. The number of nitrogens with zero attached hydrogens (tertiary/aromatic N) is 1. The fourth-order valence-electron chi connectivity index (χ4n) is 4.25. The molecular weight excluding hydrogens is 590 g/mol. The van der Waals surface area contributed by atoms with E-state index in [0.717, 1.165) is 4.90 Å². The number of carbonyl (C=O) groups excluding carboxylic acids is 5. The maximum Gasteiger partial charge on any atom is 0.333 e. The number of allylic oxidation sites excluding steroid dienone is 1. The van der Waals surface area contributed by atoms with Gasteiger partial charge in [-0.2, -0.15) is 0 Å². The summed E-state index contributed by atoms with van der Waals surface area (Å²) in [5.74, 6) is -2.56. The summed E-state index contributed by atoms with van der Waals surface area (Å²) in [5.41, 5.74) is 0.877. The molecule has 1 saturated heterocycles. The number of esters is 1. The Kier molecular flexibility index (Phi) is 16.0. The van der Waals surface area contributed by atoms with Crippen LogP contribution in [0.2, 0.25) is 0 Å². The number of aliphatic hydroxyl groups is 1. The van der Waals surface area contributed by atoms with E-state index >= 15 is 0 Å². The van der Waals surface area contributed by atoms with E-state index in [9.17, 15) is 39.0 Å². The first kappa shape index (κ1) is 36.6. The molecule has 1 fully saturated rings. The van der Waals surface area contributed by atoms with E-state index < -0.39 is 42.3 Å². The molecule has 45 heavy (non-hydrogen) atoms. The van der Waals surface area contributed by atoms with Gasteiger partial charge in [0.2, 0.25) is 24.5 Å². The zero-order valence-electron chi connectivity index (χ0n) is 25.4. The Morgan fingerprint density at radius 1 is 1.09 bits per heavy atom. The van der Waals surface area contributed by atoms with Crippen LogP contribution in [-0.4, -0.2) is 89.4 Å². The summed E-state index contributed by atoms with van der Waals surface area (Å²) in [7, 11) is 0. The average Bonchev–Trinajstić information content (AvgIpc) is 2.98. The predicted octanol–water partition coefficient (Wildman–Crippen LogP) is 2.16. The van der Waals surface area contributed by atoms with Crippen LogP contribution in [0.4, 0.5) is 5.69 Å². The van der Waals surface area contributed by atoms with E-state index in [4.69, 9.17) is 14.2 Å². The van der Waals surface area contributed by atoms with Crippen LogP contribution < -0.4 is 15.4 Å². The molecular formula is C31H41N3O11. The Hall–Kier alpha value is -4.56. The van der Waals surface area contributed by atoms with Gasteiger partial charge in [-0.1, -0.05) is 24.6 Å². The van der Waals surface area contributed by atoms with Gasteiger partial charge in [-0.15, -0.1) is 0 Å². The minimum absolute atomic E-state index is 0.0247. The van der Waals surface area contributed by atoms with E-state index in [-0.39, 0.29) is 62.7 Å². The zero-order chi connectivity index (χ0) is 33.2. The number of aliphatic hydroxyl groups excluding tert-OH is 1. The molecule has 0 aromatic heterocycles. The monoisotopic (exact) mass is 631 g/mol. The number of ether oxygens (including phenoxy) is 3. The molecule has 246 valence electrons. The van der Waals surface area contributed by atoms with Gasteiger partial charge in [0, 0.05) is 45.7 Å². The van der Waals surface area contributed by atoms with Crippen LogP contribution >= 0.6 is 0 Å². The van der Waals surface area contributed by atoms with E-state index in [2.05, 4.69) is 10.6 Å². The number of hydrogen-bond acceptors (Lipinski definition) is 10. The summed E-state index contributed by atoms with van der Waals surface area (Å²) in [5, 5.41) is 24.8. The lowest BCUT2D eigenvalue weighted by Crippen LogP contribution is -2.42. The molecule has 0 aliphatic carbocycles. The molecule has 14 heteroatoms. The maximum absolute atomic E-state index is 12.8. The number of carboxylic acids is 1. The van der Waals surface area contributed by atoms with E-state index in [1.165, 1.54) is 13.0 Å². The van der Waals surface area contributed by atoms with Crippen LogP contribution in [0.25, 0.3) is 6.08 Å². The Labute approximate surface area is 261 Å². The number of hydrogen-bond donors (Lipinski definition) is 4. The number of benzene rings is 1. The van der Waals surface area contributed by atoms with Crippen LogP contribution in [0, 0.1) is 0 Å². The van der Waals surface area contributed by atoms with Crippen LogP contribution in [0.15, 0.2) is 36.4 Å². The van der Waals surface area contributed by atoms with E-state index in [0.29, 0.717) is 31.2 Å². The molecule has 2 rings (SSSR count). The third kappa shape index (κ3) is 14.2. The molecule has 0 spiro atoms. The third-order valence-electron chi connectivity index (χ3n) is 6.47. The Balaban J connectivity index is 1.91. The first-order valence-corrected chi connectivity index (χ1v) is 14.6. The second-order valence-electron chi connectivity index (χ2n) is 10.2. The number of imide groups is 1. The molecule has 4 amide bonds. The van der Waals surface area contributed by atoms with Crippen LogP contribution in [0.5, 0.6) is 5.75 Å². The second kappa shape index (κ2) is 19.7. The van der Waals surface area contributed by atoms with Crippen LogP contribution in [-0.2, 0) is 38.2 Å². The van der Waals surface area contributed by atoms with Gasteiger partial charge in [-0.25, -0.2) is 4.79 Å². The second-order valence-corrected chi connectivity index (χ2v) is 10.2. The fraction of sp³-hybridized carbons (Fsp3) is 0.484. The maximum atomic E-state index is 12.8. The predicted molar refractivity (Wildman–Crippen MR) is 162 cm³/mol. The molecule has 1 aliphatic heterocycles. The van der Waals surface area contributed by atoms with Crippen LogP contribution in [0.1, 0.15) is 64.4 Å². The van der Waals surface area contributed by atoms with Gasteiger partial charge < -0.3 is 35.1 Å². The lowest BCUT2D eigenvalue weighted by Gasteiger charge is -2.31. The van der Waals surface area contributed by atoms with Gasteiger partial charge in [-0.05, 0) is 49.6 Å². The number of carboxylic acid groups (broad SMARTS) is 1. The molecule has 14 nitrogen and oxygen atoms in total. The van der Waals surface area contributed by atoms with Gasteiger partial charge in [0.05, 0.1) is 11.8 Å². The molecule has 1 aromatic rings. The summed E-state index contributed by atoms with van der Waals surface area (Å²) in [6.45, 7) is 3.35. The smallest absolute Gasteiger partial charge is 0.333 e. The molecule has 0 radical (unpaired) electrons. The molecule has 3 atom stereocenters. The normalized spacial score (nSPS) is 17.9. The van der Waals surface area contributed by atoms with Gasteiger partial charge in [0.15, 0.2) is 6.10 Å². The lowest BCUT2D eigenvalue weighted by molar-refractivity contribution is -0.195.